The average molecular weight is 255 g/mol. The Morgan fingerprint density at radius 3 is 2.84 bits per heavy atom. The highest BCUT2D eigenvalue weighted by Gasteiger charge is 2.13. The van der Waals surface area contributed by atoms with Crippen LogP contribution in [-0.4, -0.2) is 27.3 Å². The van der Waals surface area contributed by atoms with Crippen molar-refractivity contribution >= 4 is 16.9 Å². The number of nitrogens with one attached hydrogen (secondary N) is 1. The largest absolute Gasteiger partial charge is 0.496 e. The number of anilines is 1. The first-order chi connectivity index (χ1) is 9.20. The lowest BCUT2D eigenvalue weighted by Crippen LogP contribution is -1.93. The van der Waals surface area contributed by atoms with E-state index < -0.39 is 0 Å². The number of ether oxygens (including phenoxy) is 1. The fourth-order valence-corrected chi connectivity index (χ4v) is 2.12. The van der Waals surface area contributed by atoms with Crippen molar-refractivity contribution < 1.29 is 4.74 Å². The molecule has 3 N–H and O–H groups in total. The molecule has 3 aromatic rings. The van der Waals surface area contributed by atoms with E-state index in [1.807, 2.05) is 25.1 Å². The first-order valence-corrected chi connectivity index (χ1v) is 5.80. The molecule has 2 aromatic heterocycles. The molecule has 6 nitrogen and oxygen atoms in total. The number of hydrogen-bond donors (Lipinski definition) is 2. The number of nitrogens with zero attached hydrogens (tertiary/aromatic N) is 3. The van der Waals surface area contributed by atoms with Crippen LogP contribution in [0.25, 0.3) is 22.3 Å². The zero-order chi connectivity index (χ0) is 13.4. The summed E-state index contributed by atoms with van der Waals surface area (Å²) in [6, 6.07) is 5.88. The van der Waals surface area contributed by atoms with E-state index in [4.69, 9.17) is 10.5 Å². The number of benzene rings is 1. The molecule has 0 radical (unpaired) electrons. The average Bonchev–Trinajstić information content (AvgIpc) is 2.84. The van der Waals surface area contributed by atoms with E-state index >= 15 is 0 Å². The lowest BCUT2D eigenvalue weighted by atomic mass is 10.1. The van der Waals surface area contributed by atoms with Crippen LogP contribution in [0.5, 0.6) is 5.75 Å². The number of aromatic nitrogens is 4. The number of aromatic amines is 1. The van der Waals surface area contributed by atoms with Gasteiger partial charge in [0, 0.05) is 5.56 Å². The van der Waals surface area contributed by atoms with Crippen molar-refractivity contribution in [2.24, 2.45) is 0 Å². The molecule has 0 unspecified atom stereocenters. The van der Waals surface area contributed by atoms with Crippen molar-refractivity contribution in [2.45, 2.75) is 6.92 Å². The Labute approximate surface area is 109 Å². The van der Waals surface area contributed by atoms with Gasteiger partial charge in [-0.05, 0) is 30.7 Å². The van der Waals surface area contributed by atoms with E-state index in [9.17, 15) is 0 Å². The highest BCUT2D eigenvalue weighted by atomic mass is 16.5. The van der Waals surface area contributed by atoms with Crippen molar-refractivity contribution in [1.29, 1.82) is 0 Å². The molecule has 0 bridgehead atoms. The summed E-state index contributed by atoms with van der Waals surface area (Å²) in [5.41, 5.74) is 9.30. The second kappa shape index (κ2) is 4.24. The highest BCUT2D eigenvalue weighted by Crippen LogP contribution is 2.31. The van der Waals surface area contributed by atoms with E-state index in [1.165, 1.54) is 6.33 Å². The number of fused-ring (bicyclic) bond motifs is 1. The third-order valence-corrected chi connectivity index (χ3v) is 3.06. The van der Waals surface area contributed by atoms with Gasteiger partial charge in [-0.1, -0.05) is 0 Å². The maximum absolute atomic E-state index is 5.90. The predicted octanol–water partition coefficient (Wildman–Crippen LogP) is 1.92. The lowest BCUT2D eigenvalue weighted by Gasteiger charge is -2.06. The minimum Gasteiger partial charge on any atom is -0.496 e. The summed E-state index contributed by atoms with van der Waals surface area (Å²) >= 11 is 0. The molecule has 0 saturated carbocycles. The molecule has 2 heterocycles. The number of hydrogen-bond acceptors (Lipinski definition) is 5. The number of methoxy groups -OCH3 is 1. The quantitative estimate of drug-likeness (QED) is 0.730. The van der Waals surface area contributed by atoms with Gasteiger partial charge in [-0.2, -0.15) is 5.10 Å². The van der Waals surface area contributed by atoms with Crippen LogP contribution in [0.2, 0.25) is 0 Å². The van der Waals surface area contributed by atoms with E-state index in [0.717, 1.165) is 28.0 Å². The van der Waals surface area contributed by atoms with Crippen LogP contribution in [0.1, 0.15) is 5.56 Å². The molecule has 19 heavy (non-hydrogen) atoms. The van der Waals surface area contributed by atoms with Crippen LogP contribution >= 0.6 is 0 Å². The number of H-pyrrole nitrogens is 1. The van der Waals surface area contributed by atoms with Crippen molar-refractivity contribution in [3.8, 4) is 17.0 Å². The van der Waals surface area contributed by atoms with Crippen molar-refractivity contribution in [2.75, 3.05) is 12.8 Å². The molecule has 6 heteroatoms. The molecule has 0 aliphatic heterocycles. The summed E-state index contributed by atoms with van der Waals surface area (Å²) < 4.78 is 5.25. The van der Waals surface area contributed by atoms with E-state index in [2.05, 4.69) is 20.2 Å². The minimum atomic E-state index is 0.419. The second-order valence-corrected chi connectivity index (χ2v) is 4.24. The summed E-state index contributed by atoms with van der Waals surface area (Å²) in [5.74, 6) is 1.26. The topological polar surface area (TPSA) is 89.7 Å². The Bertz CT molecular complexity index is 750. The highest BCUT2D eigenvalue weighted by molar-refractivity contribution is 5.97. The third-order valence-electron chi connectivity index (χ3n) is 3.06. The molecule has 0 aliphatic rings. The van der Waals surface area contributed by atoms with Gasteiger partial charge in [0.1, 0.15) is 17.9 Å². The number of nitrogen functional groups attached to an aromatic ring is 1. The molecule has 0 spiro atoms. The monoisotopic (exact) mass is 255 g/mol. The van der Waals surface area contributed by atoms with Crippen LogP contribution in [0.15, 0.2) is 24.5 Å². The van der Waals surface area contributed by atoms with Crippen LogP contribution < -0.4 is 10.5 Å². The SMILES string of the molecule is COc1ccc(-c2[nH]nc3ncnc(N)c23)cc1C. The first kappa shape index (κ1) is 11.5. The number of aryl methyl sites for hydroxylation is 1. The molecule has 0 saturated heterocycles. The molecule has 3 rings (SSSR count). The molecule has 0 amide bonds. The number of rotatable bonds is 2. The van der Waals surface area contributed by atoms with Crippen LogP contribution in [0.3, 0.4) is 0 Å². The van der Waals surface area contributed by atoms with E-state index in [0.29, 0.717) is 11.5 Å². The summed E-state index contributed by atoms with van der Waals surface area (Å²) in [4.78, 5) is 8.09. The number of nitrogens with two attached hydrogens (primary N) is 1. The molecular weight excluding hydrogens is 242 g/mol. The van der Waals surface area contributed by atoms with Crippen molar-refractivity contribution in [1.82, 2.24) is 20.2 Å². The van der Waals surface area contributed by atoms with Gasteiger partial charge in [0.15, 0.2) is 5.65 Å². The minimum absolute atomic E-state index is 0.419. The van der Waals surface area contributed by atoms with Gasteiger partial charge < -0.3 is 10.5 Å². The van der Waals surface area contributed by atoms with E-state index in [-0.39, 0.29) is 0 Å². The van der Waals surface area contributed by atoms with E-state index in [1.54, 1.807) is 7.11 Å². The Morgan fingerprint density at radius 2 is 2.11 bits per heavy atom. The zero-order valence-electron chi connectivity index (χ0n) is 10.6. The normalized spacial score (nSPS) is 10.8. The van der Waals surface area contributed by atoms with Crippen LogP contribution in [0, 0.1) is 6.92 Å². The Morgan fingerprint density at radius 1 is 1.26 bits per heavy atom. The van der Waals surface area contributed by atoms with Crippen LogP contribution in [-0.2, 0) is 0 Å². The predicted molar refractivity (Wildman–Crippen MR) is 72.8 cm³/mol. The Balaban J connectivity index is 2.22. The summed E-state index contributed by atoms with van der Waals surface area (Å²) in [6.45, 7) is 1.99. The van der Waals surface area contributed by atoms with Gasteiger partial charge in [0.2, 0.25) is 0 Å². The molecule has 96 valence electrons. The maximum atomic E-state index is 5.90. The van der Waals surface area contributed by atoms with Gasteiger partial charge >= 0.3 is 0 Å². The van der Waals surface area contributed by atoms with Crippen molar-refractivity contribution in [3.63, 3.8) is 0 Å². The molecular formula is C13H13N5O. The molecule has 0 atom stereocenters. The smallest absolute Gasteiger partial charge is 0.186 e. The third kappa shape index (κ3) is 1.77. The fraction of sp³-hybridized carbons (Fsp3) is 0.154. The van der Waals surface area contributed by atoms with Gasteiger partial charge in [0.25, 0.3) is 0 Å². The summed E-state index contributed by atoms with van der Waals surface area (Å²) in [7, 11) is 1.65. The molecule has 1 aromatic carbocycles. The van der Waals surface area contributed by atoms with Gasteiger partial charge in [0.05, 0.1) is 18.2 Å². The van der Waals surface area contributed by atoms with Crippen molar-refractivity contribution in [3.05, 3.63) is 30.1 Å². The zero-order valence-corrected chi connectivity index (χ0v) is 10.6. The summed E-state index contributed by atoms with van der Waals surface area (Å²) in [5, 5.41) is 7.85. The van der Waals surface area contributed by atoms with Gasteiger partial charge in [-0.3, -0.25) is 5.10 Å². The molecule has 0 fully saturated rings. The molecule has 0 aliphatic carbocycles. The van der Waals surface area contributed by atoms with Gasteiger partial charge in [-0.25, -0.2) is 9.97 Å². The first-order valence-electron chi connectivity index (χ1n) is 5.80. The summed E-state index contributed by atoms with van der Waals surface area (Å²) in [6.07, 6.45) is 1.40. The Hall–Kier alpha value is -2.63. The standard InChI is InChI=1S/C13H13N5O/c1-7-5-8(3-4-9(7)19-2)11-10-12(14)15-6-16-13(10)18-17-11/h3-6H,1-2H3,(H3,14,15,16,17,18). The maximum Gasteiger partial charge on any atom is 0.186 e. The Kier molecular flexibility index (Phi) is 2.56. The van der Waals surface area contributed by atoms with Crippen LogP contribution in [0.4, 0.5) is 5.82 Å². The fourth-order valence-electron chi connectivity index (χ4n) is 2.12. The van der Waals surface area contributed by atoms with Gasteiger partial charge in [-0.15, -0.1) is 0 Å². The lowest BCUT2D eigenvalue weighted by molar-refractivity contribution is 0.412. The second-order valence-electron chi connectivity index (χ2n) is 4.24.